The molecule has 0 atom stereocenters. The molecule has 2 aromatic rings. The lowest BCUT2D eigenvalue weighted by Crippen LogP contribution is -2.31. The molecular formula is C20H23ClN2O2. The second kappa shape index (κ2) is 8.26. The van der Waals surface area contributed by atoms with Crippen molar-refractivity contribution >= 4 is 28.9 Å². The zero-order valence-corrected chi connectivity index (χ0v) is 15.2. The van der Waals surface area contributed by atoms with Crippen molar-refractivity contribution < 1.29 is 9.53 Å². The Kier molecular flexibility index (Phi) is 5.82. The summed E-state index contributed by atoms with van der Waals surface area (Å²) in [6.45, 7) is 3.91. The molecule has 0 bridgehead atoms. The van der Waals surface area contributed by atoms with Crippen LogP contribution in [0.4, 0.5) is 11.4 Å². The zero-order chi connectivity index (χ0) is 17.6. The lowest BCUT2D eigenvalue weighted by molar-refractivity contribution is -0.118. The SMILES string of the molecule is Cc1ccc(OCC(=O)Nc2cccc(Cl)c2N2CCCCC2)cc1. The molecule has 0 unspecified atom stereocenters. The van der Waals surface area contributed by atoms with Gasteiger partial charge in [0.1, 0.15) is 5.75 Å². The van der Waals surface area contributed by atoms with Crippen molar-refractivity contribution in [2.45, 2.75) is 26.2 Å². The summed E-state index contributed by atoms with van der Waals surface area (Å²) < 4.78 is 5.55. The summed E-state index contributed by atoms with van der Waals surface area (Å²) in [5.74, 6) is 0.490. The van der Waals surface area contributed by atoms with Crippen LogP contribution >= 0.6 is 11.6 Å². The van der Waals surface area contributed by atoms with Crippen LogP contribution in [0.2, 0.25) is 5.02 Å². The fourth-order valence-electron chi connectivity index (χ4n) is 3.02. The molecule has 1 fully saturated rings. The number of anilines is 2. The maximum Gasteiger partial charge on any atom is 0.262 e. The third kappa shape index (κ3) is 4.67. The summed E-state index contributed by atoms with van der Waals surface area (Å²) in [7, 11) is 0. The summed E-state index contributed by atoms with van der Waals surface area (Å²) in [6.07, 6.45) is 3.54. The highest BCUT2D eigenvalue weighted by Crippen LogP contribution is 2.35. The van der Waals surface area contributed by atoms with Gasteiger partial charge in [0.25, 0.3) is 5.91 Å². The number of aryl methyl sites for hydroxylation is 1. The lowest BCUT2D eigenvalue weighted by atomic mass is 10.1. The van der Waals surface area contributed by atoms with Crippen LogP contribution in [0, 0.1) is 6.92 Å². The van der Waals surface area contributed by atoms with Crippen molar-refractivity contribution in [3.63, 3.8) is 0 Å². The Morgan fingerprint density at radius 2 is 1.84 bits per heavy atom. The molecule has 0 aromatic heterocycles. The summed E-state index contributed by atoms with van der Waals surface area (Å²) in [5.41, 5.74) is 2.81. The normalized spacial score (nSPS) is 14.2. The second-order valence-corrected chi connectivity index (χ2v) is 6.74. The minimum Gasteiger partial charge on any atom is -0.484 e. The third-order valence-electron chi connectivity index (χ3n) is 4.32. The number of benzene rings is 2. The number of rotatable bonds is 5. The van der Waals surface area contributed by atoms with Crippen molar-refractivity contribution in [1.29, 1.82) is 0 Å². The minimum absolute atomic E-state index is 0.0327. The van der Waals surface area contributed by atoms with E-state index in [0.29, 0.717) is 10.8 Å². The lowest BCUT2D eigenvalue weighted by Gasteiger charge is -2.31. The number of ether oxygens (including phenoxy) is 1. The Morgan fingerprint density at radius 1 is 1.12 bits per heavy atom. The van der Waals surface area contributed by atoms with Crippen molar-refractivity contribution in [3.8, 4) is 5.75 Å². The molecule has 0 aliphatic carbocycles. The van der Waals surface area contributed by atoms with Gasteiger partial charge in [-0.1, -0.05) is 35.4 Å². The van der Waals surface area contributed by atoms with Gasteiger partial charge in [-0.2, -0.15) is 0 Å². The first-order valence-electron chi connectivity index (χ1n) is 8.66. The third-order valence-corrected chi connectivity index (χ3v) is 4.63. The molecule has 1 amide bonds. The van der Waals surface area contributed by atoms with E-state index in [9.17, 15) is 4.79 Å². The van der Waals surface area contributed by atoms with E-state index in [1.807, 2.05) is 49.4 Å². The smallest absolute Gasteiger partial charge is 0.262 e. The number of piperidine rings is 1. The van der Waals surface area contributed by atoms with Crippen molar-refractivity contribution in [2.75, 3.05) is 29.9 Å². The quantitative estimate of drug-likeness (QED) is 0.845. The van der Waals surface area contributed by atoms with E-state index in [4.69, 9.17) is 16.3 Å². The van der Waals surface area contributed by atoms with Gasteiger partial charge >= 0.3 is 0 Å². The number of para-hydroxylation sites is 1. The van der Waals surface area contributed by atoms with E-state index in [2.05, 4.69) is 10.2 Å². The van der Waals surface area contributed by atoms with Crippen LogP contribution in [-0.2, 0) is 4.79 Å². The largest absolute Gasteiger partial charge is 0.484 e. The van der Waals surface area contributed by atoms with Gasteiger partial charge in [-0.3, -0.25) is 4.79 Å². The van der Waals surface area contributed by atoms with Crippen LogP contribution in [0.15, 0.2) is 42.5 Å². The highest BCUT2D eigenvalue weighted by molar-refractivity contribution is 6.34. The molecule has 1 aliphatic rings. The van der Waals surface area contributed by atoms with E-state index in [0.717, 1.165) is 42.9 Å². The highest BCUT2D eigenvalue weighted by Gasteiger charge is 2.18. The Bertz CT molecular complexity index is 725. The van der Waals surface area contributed by atoms with Crippen molar-refractivity contribution in [2.24, 2.45) is 0 Å². The molecule has 25 heavy (non-hydrogen) atoms. The van der Waals surface area contributed by atoms with E-state index in [1.165, 1.54) is 6.42 Å². The van der Waals surface area contributed by atoms with Crippen molar-refractivity contribution in [3.05, 3.63) is 53.1 Å². The fourth-order valence-corrected chi connectivity index (χ4v) is 3.32. The Hall–Kier alpha value is -2.20. The van der Waals surface area contributed by atoms with Gasteiger partial charge < -0.3 is 15.0 Å². The van der Waals surface area contributed by atoms with Crippen LogP contribution < -0.4 is 15.0 Å². The van der Waals surface area contributed by atoms with E-state index in [-0.39, 0.29) is 12.5 Å². The van der Waals surface area contributed by atoms with Crippen molar-refractivity contribution in [1.82, 2.24) is 0 Å². The number of nitrogens with one attached hydrogen (secondary N) is 1. The predicted molar refractivity (Wildman–Crippen MR) is 103 cm³/mol. The standard InChI is InChI=1S/C20H23ClN2O2/c1-15-8-10-16(11-9-15)25-14-19(24)22-18-7-5-6-17(21)20(18)23-12-3-2-4-13-23/h5-11H,2-4,12-14H2,1H3,(H,22,24). The second-order valence-electron chi connectivity index (χ2n) is 6.33. The van der Waals surface area contributed by atoms with Gasteiger partial charge in [0.15, 0.2) is 6.61 Å². The maximum absolute atomic E-state index is 12.3. The van der Waals surface area contributed by atoms with Gasteiger partial charge in [-0.15, -0.1) is 0 Å². The van der Waals surface area contributed by atoms with Gasteiger partial charge in [0, 0.05) is 13.1 Å². The Balaban J connectivity index is 1.66. The number of halogens is 1. The molecule has 3 rings (SSSR count). The van der Waals surface area contributed by atoms with Gasteiger partial charge in [-0.05, 0) is 50.5 Å². The van der Waals surface area contributed by atoms with Crippen LogP contribution in [0.5, 0.6) is 5.75 Å². The minimum atomic E-state index is -0.193. The van der Waals surface area contributed by atoms with Gasteiger partial charge in [-0.25, -0.2) is 0 Å². The van der Waals surface area contributed by atoms with Gasteiger partial charge in [0.05, 0.1) is 16.4 Å². The monoisotopic (exact) mass is 358 g/mol. The number of hydrogen-bond acceptors (Lipinski definition) is 3. The number of carbonyl (C=O) groups is 1. The van der Waals surface area contributed by atoms with E-state index >= 15 is 0 Å². The molecule has 5 heteroatoms. The molecule has 1 saturated heterocycles. The molecule has 2 aromatic carbocycles. The Morgan fingerprint density at radius 3 is 2.56 bits per heavy atom. The number of hydrogen-bond donors (Lipinski definition) is 1. The molecular weight excluding hydrogens is 336 g/mol. The molecule has 4 nitrogen and oxygen atoms in total. The fraction of sp³-hybridized carbons (Fsp3) is 0.350. The van der Waals surface area contributed by atoms with Crippen LogP contribution in [0.3, 0.4) is 0 Å². The molecule has 1 aliphatic heterocycles. The first kappa shape index (κ1) is 17.6. The van der Waals surface area contributed by atoms with E-state index < -0.39 is 0 Å². The average molecular weight is 359 g/mol. The topological polar surface area (TPSA) is 41.6 Å². The molecule has 0 saturated carbocycles. The molecule has 0 spiro atoms. The first-order valence-corrected chi connectivity index (χ1v) is 9.04. The zero-order valence-electron chi connectivity index (χ0n) is 14.4. The molecule has 0 radical (unpaired) electrons. The average Bonchev–Trinajstić information content (AvgIpc) is 2.62. The van der Waals surface area contributed by atoms with Crippen LogP contribution in [0.25, 0.3) is 0 Å². The molecule has 1 N–H and O–H groups in total. The number of amides is 1. The predicted octanol–water partition coefficient (Wildman–Crippen LogP) is 4.66. The summed E-state index contributed by atoms with van der Waals surface area (Å²) in [4.78, 5) is 14.6. The Labute approximate surface area is 153 Å². The van der Waals surface area contributed by atoms with Gasteiger partial charge in [0.2, 0.25) is 0 Å². The summed E-state index contributed by atoms with van der Waals surface area (Å²) in [5, 5.41) is 3.61. The highest BCUT2D eigenvalue weighted by atomic mass is 35.5. The molecule has 132 valence electrons. The number of nitrogens with zero attached hydrogens (tertiary/aromatic N) is 1. The number of carbonyl (C=O) groups excluding carboxylic acids is 1. The van der Waals surface area contributed by atoms with Crippen LogP contribution in [-0.4, -0.2) is 25.6 Å². The van der Waals surface area contributed by atoms with Crippen LogP contribution in [0.1, 0.15) is 24.8 Å². The first-order chi connectivity index (χ1) is 12.1. The summed E-state index contributed by atoms with van der Waals surface area (Å²) >= 11 is 6.41. The maximum atomic E-state index is 12.3. The van der Waals surface area contributed by atoms with E-state index in [1.54, 1.807) is 0 Å². The summed E-state index contributed by atoms with van der Waals surface area (Å²) in [6, 6.07) is 13.2. The molecule has 1 heterocycles.